The van der Waals surface area contributed by atoms with E-state index >= 15 is 0 Å². The van der Waals surface area contributed by atoms with Crippen LogP contribution >= 0.6 is 11.8 Å². The number of amides is 1. The van der Waals surface area contributed by atoms with Gasteiger partial charge in [0, 0.05) is 18.4 Å². The van der Waals surface area contributed by atoms with Gasteiger partial charge in [-0.25, -0.2) is 4.79 Å². The summed E-state index contributed by atoms with van der Waals surface area (Å²) < 4.78 is 0. The Morgan fingerprint density at radius 1 is 1.47 bits per heavy atom. The van der Waals surface area contributed by atoms with E-state index in [1.54, 1.807) is 12.1 Å². The van der Waals surface area contributed by atoms with Crippen molar-refractivity contribution < 1.29 is 14.7 Å². The molecule has 0 aliphatic carbocycles. The molecule has 1 atom stereocenters. The summed E-state index contributed by atoms with van der Waals surface area (Å²) in [4.78, 5) is 21.8. The molecule has 0 fully saturated rings. The fourth-order valence-electron chi connectivity index (χ4n) is 1.46. The van der Waals surface area contributed by atoms with Crippen LogP contribution < -0.4 is 5.32 Å². The lowest BCUT2D eigenvalue weighted by Gasteiger charge is -2.12. The van der Waals surface area contributed by atoms with Gasteiger partial charge in [0.05, 0.1) is 11.6 Å². The van der Waals surface area contributed by atoms with Gasteiger partial charge >= 0.3 is 5.97 Å². The van der Waals surface area contributed by atoms with Gasteiger partial charge < -0.3 is 10.4 Å². The Balaban J connectivity index is 2.55. The minimum absolute atomic E-state index is 0.259. The Kier molecular flexibility index (Phi) is 5.90. The number of hydrogen-bond acceptors (Lipinski definition) is 4. The van der Waals surface area contributed by atoms with Crippen molar-refractivity contribution in [2.75, 3.05) is 5.75 Å². The van der Waals surface area contributed by atoms with Crippen LogP contribution in [0.5, 0.6) is 0 Å². The van der Waals surface area contributed by atoms with Crippen molar-refractivity contribution in [2.45, 2.75) is 18.7 Å². The molecule has 1 unspecified atom stereocenters. The predicted octanol–water partition coefficient (Wildman–Crippen LogP) is 1.38. The minimum Gasteiger partial charge on any atom is -0.480 e. The molecule has 0 saturated heterocycles. The molecule has 0 heterocycles. The van der Waals surface area contributed by atoms with Gasteiger partial charge in [-0.1, -0.05) is 18.2 Å². The lowest BCUT2D eigenvalue weighted by atomic mass is 10.1. The van der Waals surface area contributed by atoms with Crippen molar-refractivity contribution in [3.63, 3.8) is 0 Å². The first-order chi connectivity index (χ1) is 9.04. The fourth-order valence-corrected chi connectivity index (χ4v) is 2.51. The van der Waals surface area contributed by atoms with E-state index in [1.165, 1.54) is 18.7 Å². The molecule has 0 aliphatic rings. The van der Waals surface area contributed by atoms with E-state index in [2.05, 4.69) is 11.4 Å². The van der Waals surface area contributed by atoms with Gasteiger partial charge in [-0.15, -0.1) is 0 Å². The third-order valence-electron chi connectivity index (χ3n) is 2.36. The number of carbonyl (C=O) groups excluding carboxylic acids is 1. The zero-order chi connectivity index (χ0) is 14.3. The van der Waals surface area contributed by atoms with Crippen LogP contribution in [0.25, 0.3) is 0 Å². The van der Waals surface area contributed by atoms with Crippen LogP contribution in [0.3, 0.4) is 0 Å². The first-order valence-corrected chi connectivity index (χ1v) is 6.75. The van der Waals surface area contributed by atoms with Crippen molar-refractivity contribution in [2.24, 2.45) is 0 Å². The number of carboxylic acids is 1. The molecule has 0 aromatic heterocycles. The van der Waals surface area contributed by atoms with Crippen molar-refractivity contribution in [3.05, 3.63) is 35.4 Å². The monoisotopic (exact) mass is 278 g/mol. The second-order valence-electron chi connectivity index (χ2n) is 3.88. The summed E-state index contributed by atoms with van der Waals surface area (Å²) in [7, 11) is 0. The number of nitrogens with one attached hydrogen (secondary N) is 1. The van der Waals surface area contributed by atoms with Gasteiger partial charge in [0.15, 0.2) is 0 Å². The standard InChI is InChI=1S/C13H14N2O3S/c1-9(16)15-12(13(17)18)8-19-7-11-5-3-2-4-10(11)6-14/h2-5,12H,7-8H2,1H3,(H,15,16)(H,17,18). The zero-order valence-electron chi connectivity index (χ0n) is 10.4. The van der Waals surface area contributed by atoms with Crippen molar-refractivity contribution >= 4 is 23.6 Å². The summed E-state index contributed by atoms with van der Waals surface area (Å²) in [5.74, 6) is -0.636. The number of nitriles is 1. The van der Waals surface area contributed by atoms with Crippen LogP contribution in [0.1, 0.15) is 18.1 Å². The van der Waals surface area contributed by atoms with Crippen molar-refractivity contribution in [1.82, 2.24) is 5.32 Å². The number of hydrogen-bond donors (Lipinski definition) is 2. The molecule has 0 saturated carbocycles. The zero-order valence-corrected chi connectivity index (χ0v) is 11.2. The first kappa shape index (κ1) is 15.1. The molecule has 0 bridgehead atoms. The molecule has 5 nitrogen and oxygen atoms in total. The molecule has 6 heteroatoms. The number of carboxylic acid groups (broad SMARTS) is 1. The molecule has 0 aliphatic heterocycles. The fraction of sp³-hybridized carbons (Fsp3) is 0.308. The van der Waals surface area contributed by atoms with Crippen LogP contribution in [0.15, 0.2) is 24.3 Å². The second-order valence-corrected chi connectivity index (χ2v) is 4.91. The Morgan fingerprint density at radius 2 is 2.16 bits per heavy atom. The molecular formula is C13H14N2O3S. The van der Waals surface area contributed by atoms with E-state index in [-0.39, 0.29) is 11.7 Å². The highest BCUT2D eigenvalue weighted by Crippen LogP contribution is 2.16. The van der Waals surface area contributed by atoms with E-state index in [4.69, 9.17) is 10.4 Å². The van der Waals surface area contributed by atoms with Crippen molar-refractivity contribution in [3.8, 4) is 6.07 Å². The maximum atomic E-state index is 10.9. The molecule has 2 N–H and O–H groups in total. The van der Waals surface area contributed by atoms with Crippen LogP contribution in [0.4, 0.5) is 0 Å². The number of benzene rings is 1. The van der Waals surface area contributed by atoms with E-state index in [0.717, 1.165) is 5.56 Å². The molecule has 100 valence electrons. The highest BCUT2D eigenvalue weighted by molar-refractivity contribution is 7.98. The molecule has 1 aromatic carbocycles. The highest BCUT2D eigenvalue weighted by atomic mass is 32.2. The first-order valence-electron chi connectivity index (χ1n) is 5.60. The quantitative estimate of drug-likeness (QED) is 0.820. The smallest absolute Gasteiger partial charge is 0.327 e. The summed E-state index contributed by atoms with van der Waals surface area (Å²) in [6, 6.07) is 8.35. The lowest BCUT2D eigenvalue weighted by Crippen LogP contribution is -2.41. The topological polar surface area (TPSA) is 90.2 Å². The van der Waals surface area contributed by atoms with E-state index < -0.39 is 12.0 Å². The molecule has 1 amide bonds. The Bertz CT molecular complexity index is 511. The van der Waals surface area contributed by atoms with Gasteiger partial charge in [-0.3, -0.25) is 4.79 Å². The number of thioether (sulfide) groups is 1. The third-order valence-corrected chi connectivity index (χ3v) is 3.44. The molecule has 1 aromatic rings. The lowest BCUT2D eigenvalue weighted by molar-refractivity contribution is -0.140. The molecule has 0 radical (unpaired) electrons. The Labute approximate surface area is 115 Å². The largest absolute Gasteiger partial charge is 0.480 e. The number of nitrogens with zero attached hydrogens (tertiary/aromatic N) is 1. The van der Waals surface area contributed by atoms with E-state index in [0.29, 0.717) is 11.3 Å². The van der Waals surface area contributed by atoms with Gasteiger partial charge in [0.1, 0.15) is 6.04 Å². The summed E-state index contributed by atoms with van der Waals surface area (Å²) in [6.45, 7) is 1.28. The summed E-state index contributed by atoms with van der Waals surface area (Å²) in [5.41, 5.74) is 1.45. The molecular weight excluding hydrogens is 264 g/mol. The molecule has 1 rings (SSSR count). The van der Waals surface area contributed by atoms with Crippen LogP contribution in [-0.4, -0.2) is 28.8 Å². The summed E-state index contributed by atoms with van der Waals surface area (Å²) in [5, 5.41) is 20.2. The molecule has 19 heavy (non-hydrogen) atoms. The van der Waals surface area contributed by atoms with Crippen LogP contribution in [0, 0.1) is 11.3 Å². The number of rotatable bonds is 6. The van der Waals surface area contributed by atoms with Crippen LogP contribution in [0.2, 0.25) is 0 Å². The average molecular weight is 278 g/mol. The Hall–Kier alpha value is -2.00. The van der Waals surface area contributed by atoms with Gasteiger partial charge in [0.2, 0.25) is 5.91 Å². The average Bonchev–Trinajstić information content (AvgIpc) is 2.37. The van der Waals surface area contributed by atoms with Gasteiger partial charge in [-0.2, -0.15) is 17.0 Å². The maximum Gasteiger partial charge on any atom is 0.327 e. The highest BCUT2D eigenvalue weighted by Gasteiger charge is 2.18. The second kappa shape index (κ2) is 7.44. The van der Waals surface area contributed by atoms with E-state index in [1.807, 2.05) is 12.1 Å². The number of carbonyl (C=O) groups is 2. The third kappa shape index (κ3) is 5.02. The summed E-state index contributed by atoms with van der Waals surface area (Å²) in [6.07, 6.45) is 0. The van der Waals surface area contributed by atoms with Crippen molar-refractivity contribution in [1.29, 1.82) is 5.26 Å². The number of aliphatic carboxylic acids is 1. The van der Waals surface area contributed by atoms with Crippen LogP contribution in [-0.2, 0) is 15.3 Å². The van der Waals surface area contributed by atoms with E-state index in [9.17, 15) is 9.59 Å². The SMILES string of the molecule is CC(=O)NC(CSCc1ccccc1C#N)C(=O)O. The van der Waals surface area contributed by atoms with Gasteiger partial charge in [0.25, 0.3) is 0 Å². The molecule has 0 spiro atoms. The van der Waals surface area contributed by atoms with Gasteiger partial charge in [-0.05, 0) is 11.6 Å². The normalized spacial score (nSPS) is 11.4. The predicted molar refractivity (Wildman–Crippen MR) is 72.6 cm³/mol. The Morgan fingerprint density at radius 3 is 2.74 bits per heavy atom. The summed E-state index contributed by atoms with van der Waals surface area (Å²) >= 11 is 1.37. The maximum absolute atomic E-state index is 10.9. The minimum atomic E-state index is -1.06.